The highest BCUT2D eigenvalue weighted by Crippen LogP contribution is 2.41. The largest absolute Gasteiger partial charge is 0.481 e. The van der Waals surface area contributed by atoms with E-state index in [2.05, 4.69) is 9.88 Å². The van der Waals surface area contributed by atoms with Crippen molar-refractivity contribution in [3.8, 4) is 0 Å². The molecule has 0 aromatic carbocycles. The lowest BCUT2D eigenvalue weighted by molar-refractivity contribution is -0.138. The fourth-order valence-electron chi connectivity index (χ4n) is 3.36. The molecule has 102 valence electrons. The Morgan fingerprint density at radius 3 is 2.74 bits per heavy atom. The van der Waals surface area contributed by atoms with Crippen LogP contribution in [0.1, 0.15) is 35.8 Å². The molecule has 5 nitrogen and oxygen atoms in total. The lowest BCUT2D eigenvalue weighted by Crippen LogP contribution is -2.42. The number of rotatable bonds is 2. The molecule has 2 aliphatic heterocycles. The number of fused-ring (bicyclic) bond motifs is 3. The molecule has 6 heteroatoms. The molecular formula is C13H16N2O3S. The van der Waals surface area contributed by atoms with E-state index in [0.717, 1.165) is 43.2 Å². The maximum atomic E-state index is 11.2. The number of carboxylic acid groups (broad SMARTS) is 1. The van der Waals surface area contributed by atoms with Gasteiger partial charge in [0.1, 0.15) is 5.92 Å². The van der Waals surface area contributed by atoms with Crippen LogP contribution in [0.4, 0.5) is 5.13 Å². The molecular weight excluding hydrogens is 264 g/mol. The van der Waals surface area contributed by atoms with Crippen molar-refractivity contribution in [2.45, 2.75) is 43.8 Å². The first kappa shape index (κ1) is 11.7. The highest BCUT2D eigenvalue weighted by atomic mass is 32.1. The zero-order chi connectivity index (χ0) is 13.0. The van der Waals surface area contributed by atoms with Crippen molar-refractivity contribution in [1.29, 1.82) is 0 Å². The van der Waals surface area contributed by atoms with E-state index in [1.807, 2.05) is 0 Å². The number of nitrogens with zero attached hydrogens (tertiary/aromatic N) is 2. The SMILES string of the molecule is O=C(O)C1CCc2sc(N3CC4CCC(C3)O4)nc21. The zero-order valence-corrected chi connectivity index (χ0v) is 11.4. The Hall–Kier alpha value is -1.14. The number of hydrogen-bond donors (Lipinski definition) is 1. The van der Waals surface area contributed by atoms with Crippen LogP contribution in [0, 0.1) is 0 Å². The summed E-state index contributed by atoms with van der Waals surface area (Å²) in [5, 5.41) is 10.2. The second kappa shape index (κ2) is 4.18. The van der Waals surface area contributed by atoms with Crippen molar-refractivity contribution in [3.05, 3.63) is 10.6 Å². The Bertz CT molecular complexity index is 518. The third-order valence-electron chi connectivity index (χ3n) is 4.32. The van der Waals surface area contributed by atoms with E-state index >= 15 is 0 Å². The van der Waals surface area contributed by atoms with Gasteiger partial charge in [0.15, 0.2) is 5.13 Å². The third-order valence-corrected chi connectivity index (χ3v) is 5.51. The number of hydrogen-bond acceptors (Lipinski definition) is 5. The third kappa shape index (κ3) is 1.85. The number of anilines is 1. The highest BCUT2D eigenvalue weighted by molar-refractivity contribution is 7.15. The fraction of sp³-hybridized carbons (Fsp3) is 0.692. The van der Waals surface area contributed by atoms with Gasteiger partial charge in [0.25, 0.3) is 0 Å². The Morgan fingerprint density at radius 2 is 2.05 bits per heavy atom. The van der Waals surface area contributed by atoms with Crippen molar-refractivity contribution in [2.24, 2.45) is 0 Å². The van der Waals surface area contributed by atoms with Gasteiger partial charge in [0.05, 0.1) is 17.9 Å². The first-order valence-electron chi connectivity index (χ1n) is 6.83. The Balaban J connectivity index is 1.60. The van der Waals surface area contributed by atoms with Crippen molar-refractivity contribution in [2.75, 3.05) is 18.0 Å². The van der Waals surface area contributed by atoms with Gasteiger partial charge in [-0.05, 0) is 25.7 Å². The molecule has 3 aliphatic rings. The summed E-state index contributed by atoms with van der Waals surface area (Å²) in [7, 11) is 0. The summed E-state index contributed by atoms with van der Waals surface area (Å²) in [6.07, 6.45) is 4.54. The quantitative estimate of drug-likeness (QED) is 0.892. The van der Waals surface area contributed by atoms with E-state index in [1.54, 1.807) is 11.3 Å². The van der Waals surface area contributed by atoms with Crippen molar-refractivity contribution >= 4 is 22.4 Å². The summed E-state index contributed by atoms with van der Waals surface area (Å²) in [5.74, 6) is -1.13. The predicted molar refractivity (Wildman–Crippen MR) is 70.9 cm³/mol. The van der Waals surface area contributed by atoms with E-state index < -0.39 is 11.9 Å². The number of carbonyl (C=O) groups is 1. The van der Waals surface area contributed by atoms with E-state index in [-0.39, 0.29) is 0 Å². The topological polar surface area (TPSA) is 62.7 Å². The summed E-state index contributed by atoms with van der Waals surface area (Å²) in [6.45, 7) is 1.81. The number of aromatic nitrogens is 1. The fourth-order valence-corrected chi connectivity index (χ4v) is 4.52. The Morgan fingerprint density at radius 1 is 1.32 bits per heavy atom. The summed E-state index contributed by atoms with van der Waals surface area (Å²) in [5.41, 5.74) is 0.811. The number of ether oxygens (including phenoxy) is 1. The Kier molecular flexibility index (Phi) is 2.57. The van der Waals surface area contributed by atoms with Crippen LogP contribution in [-0.4, -0.2) is 41.4 Å². The molecule has 0 saturated carbocycles. The summed E-state index contributed by atoms with van der Waals surface area (Å²) in [4.78, 5) is 19.3. The van der Waals surface area contributed by atoms with Crippen LogP contribution in [-0.2, 0) is 16.0 Å². The van der Waals surface area contributed by atoms with Gasteiger partial charge in [0, 0.05) is 18.0 Å². The molecule has 3 unspecified atom stereocenters. The highest BCUT2D eigenvalue weighted by Gasteiger charge is 2.37. The molecule has 2 fully saturated rings. The second-order valence-corrected chi connectivity index (χ2v) is 6.66. The van der Waals surface area contributed by atoms with Gasteiger partial charge >= 0.3 is 5.97 Å². The van der Waals surface area contributed by atoms with Gasteiger partial charge in [-0.1, -0.05) is 0 Å². The van der Waals surface area contributed by atoms with Gasteiger partial charge in [0.2, 0.25) is 0 Å². The molecule has 0 radical (unpaired) electrons. The molecule has 3 heterocycles. The zero-order valence-electron chi connectivity index (χ0n) is 10.5. The van der Waals surface area contributed by atoms with Crippen molar-refractivity contribution in [3.63, 3.8) is 0 Å². The Labute approximate surface area is 115 Å². The molecule has 1 aliphatic carbocycles. The number of carboxylic acids is 1. The lowest BCUT2D eigenvalue weighted by Gasteiger charge is -2.31. The molecule has 0 spiro atoms. The van der Waals surface area contributed by atoms with Crippen LogP contribution in [0.25, 0.3) is 0 Å². The molecule has 1 aromatic rings. The monoisotopic (exact) mass is 280 g/mol. The average molecular weight is 280 g/mol. The van der Waals surface area contributed by atoms with Crippen LogP contribution in [0.2, 0.25) is 0 Å². The van der Waals surface area contributed by atoms with Gasteiger partial charge in [-0.3, -0.25) is 4.79 Å². The molecule has 4 rings (SSSR count). The van der Waals surface area contributed by atoms with Crippen molar-refractivity contribution in [1.82, 2.24) is 4.98 Å². The average Bonchev–Trinajstić information content (AvgIpc) is 3.02. The molecule has 19 heavy (non-hydrogen) atoms. The number of aryl methyl sites for hydroxylation is 1. The summed E-state index contributed by atoms with van der Waals surface area (Å²) in [6, 6.07) is 0. The van der Waals surface area contributed by atoms with Crippen LogP contribution in [0.3, 0.4) is 0 Å². The minimum atomic E-state index is -0.738. The number of thiazole rings is 1. The molecule has 2 bridgehead atoms. The molecule has 1 aromatic heterocycles. The van der Waals surface area contributed by atoms with Gasteiger partial charge in [-0.25, -0.2) is 4.98 Å². The van der Waals surface area contributed by atoms with Crippen LogP contribution >= 0.6 is 11.3 Å². The minimum Gasteiger partial charge on any atom is -0.481 e. The minimum absolute atomic E-state index is 0.341. The van der Waals surface area contributed by atoms with E-state index in [1.165, 1.54) is 4.88 Å². The van der Waals surface area contributed by atoms with Gasteiger partial charge in [-0.2, -0.15) is 0 Å². The van der Waals surface area contributed by atoms with Crippen LogP contribution in [0.5, 0.6) is 0 Å². The summed E-state index contributed by atoms with van der Waals surface area (Å²) >= 11 is 1.68. The van der Waals surface area contributed by atoms with Gasteiger partial charge in [-0.15, -0.1) is 11.3 Å². The lowest BCUT2D eigenvalue weighted by atomic mass is 10.1. The molecule has 1 N–H and O–H groups in total. The maximum Gasteiger partial charge on any atom is 0.312 e. The van der Waals surface area contributed by atoms with Gasteiger partial charge < -0.3 is 14.7 Å². The van der Waals surface area contributed by atoms with E-state index in [0.29, 0.717) is 18.6 Å². The second-order valence-electron chi connectivity index (χ2n) is 5.60. The van der Waals surface area contributed by atoms with E-state index in [9.17, 15) is 9.90 Å². The first-order chi connectivity index (χ1) is 9.20. The number of aliphatic carboxylic acids is 1. The first-order valence-corrected chi connectivity index (χ1v) is 7.65. The predicted octanol–water partition coefficient (Wildman–Crippen LogP) is 1.63. The molecule has 3 atom stereocenters. The normalized spacial score (nSPS) is 32.6. The van der Waals surface area contributed by atoms with Crippen molar-refractivity contribution < 1.29 is 14.6 Å². The number of morpholine rings is 1. The maximum absolute atomic E-state index is 11.2. The molecule has 0 amide bonds. The smallest absolute Gasteiger partial charge is 0.312 e. The molecule has 2 saturated heterocycles. The van der Waals surface area contributed by atoms with Crippen LogP contribution in [0.15, 0.2) is 0 Å². The standard InChI is InChI=1S/C13H16N2O3S/c16-12(17)9-3-4-10-11(9)14-13(19-10)15-5-7-1-2-8(6-15)18-7/h7-9H,1-6H2,(H,16,17). The van der Waals surface area contributed by atoms with E-state index in [4.69, 9.17) is 4.74 Å². The summed E-state index contributed by atoms with van der Waals surface area (Å²) < 4.78 is 5.83. The van der Waals surface area contributed by atoms with Crippen LogP contribution < -0.4 is 4.90 Å².